The third-order valence-electron chi connectivity index (χ3n) is 2.32. The van der Waals surface area contributed by atoms with Gasteiger partial charge in [0.05, 0.1) is 17.4 Å². The van der Waals surface area contributed by atoms with Crippen LogP contribution in [-0.4, -0.2) is 25.6 Å². The lowest BCUT2D eigenvalue weighted by Crippen LogP contribution is -2.34. The topological polar surface area (TPSA) is 66.9 Å². The Morgan fingerprint density at radius 1 is 1.42 bits per heavy atom. The van der Waals surface area contributed by atoms with Gasteiger partial charge in [0.2, 0.25) is 5.91 Å². The number of thiocarbonyl (C=S) groups is 1. The molecule has 1 amide bonds. The predicted molar refractivity (Wildman–Crippen MR) is 81.7 cm³/mol. The number of aromatic nitrogens is 2. The number of amides is 1. The maximum absolute atomic E-state index is 11.5. The van der Waals surface area contributed by atoms with Crippen LogP contribution in [-0.2, 0) is 4.79 Å². The lowest BCUT2D eigenvalue weighted by molar-refractivity contribution is -0.119. The molecule has 0 atom stereocenters. The van der Waals surface area contributed by atoms with Crippen molar-refractivity contribution < 1.29 is 4.79 Å². The summed E-state index contributed by atoms with van der Waals surface area (Å²) in [5.74, 6) is 0.305. The number of fused-ring (bicyclic) bond motifs is 1. The Hall–Kier alpha value is -1.31. The van der Waals surface area contributed by atoms with E-state index in [0.717, 1.165) is 28.4 Å². The Labute approximate surface area is 124 Å². The molecular formula is C11H11ClN4OS2. The fourth-order valence-electron chi connectivity index (χ4n) is 1.48. The molecule has 1 aromatic heterocycles. The number of halogens is 1. The molecule has 0 spiro atoms. The molecule has 1 aromatic carbocycles. The van der Waals surface area contributed by atoms with E-state index in [1.165, 1.54) is 0 Å². The number of benzene rings is 1. The number of nitrogens with one attached hydrogen (secondary N) is 2. The van der Waals surface area contributed by atoms with Crippen molar-refractivity contribution in [3.8, 4) is 0 Å². The molecule has 100 valence electrons. The van der Waals surface area contributed by atoms with Crippen molar-refractivity contribution in [3.05, 3.63) is 18.2 Å². The summed E-state index contributed by atoms with van der Waals surface area (Å²) in [6.07, 6.45) is 0.982. The highest BCUT2D eigenvalue weighted by atomic mass is 35.5. The van der Waals surface area contributed by atoms with Gasteiger partial charge in [-0.3, -0.25) is 4.79 Å². The van der Waals surface area contributed by atoms with Gasteiger partial charge >= 0.3 is 0 Å². The molecule has 0 saturated heterocycles. The molecule has 0 radical (unpaired) electrons. The molecule has 2 aromatic rings. The number of alkyl halides is 1. The van der Waals surface area contributed by atoms with Crippen molar-refractivity contribution in [1.82, 2.24) is 14.1 Å². The van der Waals surface area contributed by atoms with E-state index >= 15 is 0 Å². The molecule has 0 saturated carbocycles. The average molecular weight is 315 g/mol. The zero-order chi connectivity index (χ0) is 13.7. The largest absolute Gasteiger partial charge is 0.331 e. The Kier molecular flexibility index (Phi) is 5.00. The quantitative estimate of drug-likeness (QED) is 0.670. The maximum atomic E-state index is 11.5. The highest BCUT2D eigenvalue weighted by molar-refractivity contribution is 7.80. The molecule has 0 bridgehead atoms. The van der Waals surface area contributed by atoms with Crippen molar-refractivity contribution in [2.45, 2.75) is 12.8 Å². The third-order valence-corrected chi connectivity index (χ3v) is 3.34. The minimum absolute atomic E-state index is 0.151. The number of hydrogen-bond donors (Lipinski definition) is 2. The second kappa shape index (κ2) is 6.74. The first-order valence-corrected chi connectivity index (χ1v) is 7.26. The van der Waals surface area contributed by atoms with Crippen LogP contribution in [0.3, 0.4) is 0 Å². The second-order valence-electron chi connectivity index (χ2n) is 3.73. The molecule has 1 heterocycles. The minimum Gasteiger partial charge on any atom is -0.331 e. The Morgan fingerprint density at radius 3 is 3.05 bits per heavy atom. The first kappa shape index (κ1) is 14.1. The third kappa shape index (κ3) is 3.82. The van der Waals surface area contributed by atoms with E-state index in [0.29, 0.717) is 18.7 Å². The molecule has 0 unspecified atom stereocenters. The standard InChI is InChI=1S/C11H11ClN4OS2/c12-6-2-5-9(17)14-11(18)13-7-3-1-4-8-10(7)16-19-15-8/h1,3-4H,2,5-6H2,(H2,13,14,17,18). The zero-order valence-electron chi connectivity index (χ0n) is 9.85. The second-order valence-corrected chi connectivity index (χ2v) is 5.05. The Morgan fingerprint density at radius 2 is 2.26 bits per heavy atom. The lowest BCUT2D eigenvalue weighted by atomic mass is 10.2. The van der Waals surface area contributed by atoms with E-state index in [1.54, 1.807) is 0 Å². The SMILES string of the molecule is O=C(CCCCl)NC(=S)Nc1cccc2nsnc12. The van der Waals surface area contributed by atoms with Crippen LogP contribution in [0.4, 0.5) is 5.69 Å². The van der Waals surface area contributed by atoms with Crippen LogP contribution in [0.1, 0.15) is 12.8 Å². The van der Waals surface area contributed by atoms with Crippen molar-refractivity contribution in [2.75, 3.05) is 11.2 Å². The van der Waals surface area contributed by atoms with Crippen LogP contribution in [0.15, 0.2) is 18.2 Å². The van der Waals surface area contributed by atoms with E-state index < -0.39 is 0 Å². The van der Waals surface area contributed by atoms with Crippen LogP contribution in [0.25, 0.3) is 11.0 Å². The molecule has 0 fully saturated rings. The Bertz CT molecular complexity index is 601. The van der Waals surface area contributed by atoms with Gasteiger partial charge < -0.3 is 10.6 Å². The summed E-state index contributed by atoms with van der Waals surface area (Å²) in [5.41, 5.74) is 2.27. The first-order valence-electron chi connectivity index (χ1n) is 5.59. The number of carbonyl (C=O) groups excluding carboxylic acids is 1. The zero-order valence-corrected chi connectivity index (χ0v) is 12.2. The number of carbonyl (C=O) groups is 1. The van der Waals surface area contributed by atoms with Gasteiger partial charge in [-0.1, -0.05) is 6.07 Å². The highest BCUT2D eigenvalue weighted by Gasteiger charge is 2.08. The van der Waals surface area contributed by atoms with E-state index in [1.807, 2.05) is 18.2 Å². The van der Waals surface area contributed by atoms with E-state index in [2.05, 4.69) is 19.4 Å². The summed E-state index contributed by atoms with van der Waals surface area (Å²) in [7, 11) is 0. The molecule has 0 aliphatic rings. The van der Waals surface area contributed by atoms with Crippen LogP contribution in [0.2, 0.25) is 0 Å². The molecule has 8 heteroatoms. The predicted octanol–water partition coefficient (Wildman–Crippen LogP) is 2.52. The van der Waals surface area contributed by atoms with Gasteiger partial charge in [-0.25, -0.2) is 0 Å². The monoisotopic (exact) mass is 314 g/mol. The van der Waals surface area contributed by atoms with Crippen LogP contribution >= 0.6 is 35.5 Å². The van der Waals surface area contributed by atoms with Gasteiger partial charge in [-0.2, -0.15) is 8.75 Å². The first-order chi connectivity index (χ1) is 9.20. The summed E-state index contributed by atoms with van der Waals surface area (Å²) in [5, 5.41) is 5.80. The number of anilines is 1. The van der Waals surface area contributed by atoms with Crippen molar-refractivity contribution in [2.24, 2.45) is 0 Å². The van der Waals surface area contributed by atoms with E-state index in [4.69, 9.17) is 23.8 Å². The summed E-state index contributed by atoms with van der Waals surface area (Å²) in [6, 6.07) is 5.55. The lowest BCUT2D eigenvalue weighted by Gasteiger charge is -2.09. The summed E-state index contributed by atoms with van der Waals surface area (Å²) in [4.78, 5) is 11.5. The van der Waals surface area contributed by atoms with Gasteiger partial charge in [0, 0.05) is 12.3 Å². The number of hydrogen-bond acceptors (Lipinski definition) is 5. The molecule has 2 N–H and O–H groups in total. The summed E-state index contributed by atoms with van der Waals surface area (Å²) >= 11 is 11.7. The molecule has 0 aliphatic heterocycles. The fourth-order valence-corrected chi connectivity index (χ4v) is 2.38. The fraction of sp³-hybridized carbons (Fsp3) is 0.273. The number of rotatable bonds is 4. The Balaban J connectivity index is 1.99. The number of nitrogens with zero attached hydrogens (tertiary/aromatic N) is 2. The van der Waals surface area contributed by atoms with Crippen LogP contribution < -0.4 is 10.6 Å². The highest BCUT2D eigenvalue weighted by Crippen LogP contribution is 2.20. The van der Waals surface area contributed by atoms with Crippen molar-refractivity contribution in [1.29, 1.82) is 0 Å². The maximum Gasteiger partial charge on any atom is 0.226 e. The normalized spacial score (nSPS) is 10.4. The van der Waals surface area contributed by atoms with E-state index in [-0.39, 0.29) is 11.0 Å². The van der Waals surface area contributed by atoms with Crippen LogP contribution in [0.5, 0.6) is 0 Å². The average Bonchev–Trinajstić information content (AvgIpc) is 2.85. The summed E-state index contributed by atoms with van der Waals surface area (Å²) < 4.78 is 8.31. The minimum atomic E-state index is -0.151. The van der Waals surface area contributed by atoms with Crippen molar-refractivity contribution >= 4 is 63.3 Å². The van der Waals surface area contributed by atoms with E-state index in [9.17, 15) is 4.79 Å². The van der Waals surface area contributed by atoms with Crippen molar-refractivity contribution in [3.63, 3.8) is 0 Å². The molecule has 0 aliphatic carbocycles. The smallest absolute Gasteiger partial charge is 0.226 e. The molecular weight excluding hydrogens is 304 g/mol. The van der Waals surface area contributed by atoms with Gasteiger partial charge in [0.25, 0.3) is 0 Å². The van der Waals surface area contributed by atoms with Gasteiger partial charge in [0.1, 0.15) is 11.0 Å². The molecule has 2 rings (SSSR count). The van der Waals surface area contributed by atoms with Crippen LogP contribution in [0, 0.1) is 0 Å². The van der Waals surface area contributed by atoms with Gasteiger partial charge in [-0.05, 0) is 30.8 Å². The molecule has 5 nitrogen and oxygen atoms in total. The molecule has 19 heavy (non-hydrogen) atoms. The van der Waals surface area contributed by atoms with Gasteiger partial charge in [-0.15, -0.1) is 11.6 Å². The van der Waals surface area contributed by atoms with Gasteiger partial charge in [0.15, 0.2) is 5.11 Å². The summed E-state index contributed by atoms with van der Waals surface area (Å²) in [6.45, 7) is 0.